The highest BCUT2D eigenvalue weighted by Crippen LogP contribution is 2.17. The van der Waals surface area contributed by atoms with E-state index in [9.17, 15) is 0 Å². The minimum absolute atomic E-state index is 0.237. The number of thioether (sulfide) groups is 1. The number of aromatic nitrogens is 3. The van der Waals surface area contributed by atoms with Crippen molar-refractivity contribution in [2.24, 2.45) is 0 Å². The molecule has 0 saturated heterocycles. The summed E-state index contributed by atoms with van der Waals surface area (Å²) >= 11 is 1.67. The van der Waals surface area contributed by atoms with Crippen LogP contribution in [0.2, 0.25) is 0 Å². The van der Waals surface area contributed by atoms with Gasteiger partial charge < -0.3 is 15.5 Å². The molecular formula is C17H19N5OS. The highest BCUT2D eigenvalue weighted by Gasteiger charge is 2.05. The molecule has 0 aliphatic rings. The summed E-state index contributed by atoms with van der Waals surface area (Å²) in [6, 6.07) is 14.1. The van der Waals surface area contributed by atoms with Crippen molar-refractivity contribution in [2.75, 3.05) is 17.6 Å². The molecule has 0 radical (unpaired) electrons. The van der Waals surface area contributed by atoms with Gasteiger partial charge in [0.15, 0.2) is 0 Å². The molecule has 124 valence electrons. The molecule has 2 aromatic heterocycles. The van der Waals surface area contributed by atoms with E-state index in [1.54, 1.807) is 18.0 Å². The molecule has 0 spiro atoms. The topological polar surface area (TPSA) is 89.9 Å². The number of hydrogen-bond acceptors (Lipinski definition) is 7. The van der Waals surface area contributed by atoms with E-state index in [-0.39, 0.29) is 5.95 Å². The number of nitrogens with zero attached hydrogens (tertiary/aromatic N) is 3. The van der Waals surface area contributed by atoms with Crippen LogP contribution in [0.5, 0.6) is 0 Å². The monoisotopic (exact) mass is 341 g/mol. The van der Waals surface area contributed by atoms with E-state index in [2.05, 4.69) is 32.4 Å². The molecule has 3 aromatic rings. The van der Waals surface area contributed by atoms with E-state index >= 15 is 0 Å². The molecule has 24 heavy (non-hydrogen) atoms. The second kappa shape index (κ2) is 8.35. The standard InChI is InChI=1S/C17H19N5OS/c18-16-20-15(12-24-11-14-7-4-10-23-14)21-17(22-16)19-9-8-13-5-2-1-3-6-13/h1-7,10H,8-9,11-12H2,(H3,18,19,20,21,22). The lowest BCUT2D eigenvalue weighted by Crippen LogP contribution is -2.11. The van der Waals surface area contributed by atoms with Gasteiger partial charge in [0.1, 0.15) is 11.6 Å². The molecular weight excluding hydrogens is 322 g/mol. The predicted octanol–water partition coefficient (Wildman–Crippen LogP) is 3.13. The lowest BCUT2D eigenvalue weighted by atomic mass is 10.1. The number of nitrogens with one attached hydrogen (secondary N) is 1. The lowest BCUT2D eigenvalue weighted by Gasteiger charge is -2.07. The molecule has 6 nitrogen and oxygen atoms in total. The summed E-state index contributed by atoms with van der Waals surface area (Å²) in [7, 11) is 0. The Hall–Kier alpha value is -2.54. The second-order valence-electron chi connectivity index (χ2n) is 5.17. The highest BCUT2D eigenvalue weighted by molar-refractivity contribution is 7.97. The Morgan fingerprint density at radius 2 is 1.88 bits per heavy atom. The van der Waals surface area contributed by atoms with E-state index in [1.807, 2.05) is 30.3 Å². The Kier molecular flexibility index (Phi) is 5.68. The number of nitrogens with two attached hydrogens (primary N) is 1. The van der Waals surface area contributed by atoms with Crippen LogP contribution in [-0.4, -0.2) is 21.5 Å². The molecule has 0 aliphatic carbocycles. The van der Waals surface area contributed by atoms with Gasteiger partial charge >= 0.3 is 0 Å². The Bertz CT molecular complexity index is 749. The fourth-order valence-corrected chi connectivity index (χ4v) is 2.96. The van der Waals surface area contributed by atoms with Crippen LogP contribution in [0.25, 0.3) is 0 Å². The van der Waals surface area contributed by atoms with E-state index < -0.39 is 0 Å². The normalized spacial score (nSPS) is 10.7. The summed E-state index contributed by atoms with van der Waals surface area (Å²) < 4.78 is 5.30. The maximum Gasteiger partial charge on any atom is 0.227 e. The smallest absolute Gasteiger partial charge is 0.227 e. The molecule has 0 amide bonds. The van der Waals surface area contributed by atoms with Crippen LogP contribution in [0, 0.1) is 0 Å². The number of benzene rings is 1. The van der Waals surface area contributed by atoms with E-state index in [1.165, 1.54) is 5.56 Å². The third kappa shape index (κ3) is 4.99. The quantitative estimate of drug-likeness (QED) is 0.650. The maximum absolute atomic E-state index is 5.78. The number of furan rings is 1. The number of rotatable bonds is 8. The zero-order valence-corrected chi connectivity index (χ0v) is 14.0. The molecule has 7 heteroatoms. The van der Waals surface area contributed by atoms with Gasteiger partial charge in [0, 0.05) is 6.54 Å². The minimum atomic E-state index is 0.237. The van der Waals surface area contributed by atoms with Crippen molar-refractivity contribution in [3.63, 3.8) is 0 Å². The van der Waals surface area contributed by atoms with Gasteiger partial charge in [-0.2, -0.15) is 15.0 Å². The van der Waals surface area contributed by atoms with Crippen molar-refractivity contribution in [1.29, 1.82) is 0 Å². The lowest BCUT2D eigenvalue weighted by molar-refractivity contribution is 0.530. The van der Waals surface area contributed by atoms with Crippen LogP contribution >= 0.6 is 11.8 Å². The summed E-state index contributed by atoms with van der Waals surface area (Å²) in [4.78, 5) is 12.7. The number of nitrogen functional groups attached to an aromatic ring is 1. The fraction of sp³-hybridized carbons (Fsp3) is 0.235. The first kappa shape index (κ1) is 16.3. The zero-order valence-electron chi connectivity index (χ0n) is 13.2. The van der Waals surface area contributed by atoms with Crippen LogP contribution in [0.4, 0.5) is 11.9 Å². The molecule has 0 saturated carbocycles. The zero-order chi connectivity index (χ0) is 16.6. The van der Waals surface area contributed by atoms with Gasteiger partial charge in [-0.3, -0.25) is 0 Å². The minimum Gasteiger partial charge on any atom is -0.468 e. The van der Waals surface area contributed by atoms with Gasteiger partial charge in [-0.15, -0.1) is 11.8 Å². The first-order valence-corrected chi connectivity index (χ1v) is 8.83. The average molecular weight is 341 g/mol. The summed E-state index contributed by atoms with van der Waals surface area (Å²) in [6.07, 6.45) is 2.57. The molecule has 3 rings (SSSR count). The fourth-order valence-electron chi connectivity index (χ4n) is 2.18. The summed E-state index contributed by atoms with van der Waals surface area (Å²) in [6.45, 7) is 0.743. The van der Waals surface area contributed by atoms with Crippen molar-refractivity contribution >= 4 is 23.7 Å². The van der Waals surface area contributed by atoms with Crippen LogP contribution in [0.3, 0.4) is 0 Å². The van der Waals surface area contributed by atoms with Crippen LogP contribution < -0.4 is 11.1 Å². The predicted molar refractivity (Wildman–Crippen MR) is 96.6 cm³/mol. The van der Waals surface area contributed by atoms with E-state index in [4.69, 9.17) is 10.2 Å². The first-order chi connectivity index (χ1) is 11.8. The van der Waals surface area contributed by atoms with Gasteiger partial charge in [0.2, 0.25) is 11.9 Å². The molecule has 0 unspecified atom stereocenters. The van der Waals surface area contributed by atoms with Crippen LogP contribution in [-0.2, 0) is 17.9 Å². The van der Waals surface area contributed by atoms with Gasteiger partial charge in [0.05, 0.1) is 17.8 Å². The van der Waals surface area contributed by atoms with E-state index in [0.717, 1.165) is 24.5 Å². The molecule has 1 aromatic carbocycles. The molecule has 0 atom stereocenters. The highest BCUT2D eigenvalue weighted by atomic mass is 32.2. The van der Waals surface area contributed by atoms with Gasteiger partial charge in [-0.05, 0) is 24.1 Å². The summed E-state index contributed by atoms with van der Waals surface area (Å²) in [5, 5.41) is 3.21. The third-order valence-electron chi connectivity index (χ3n) is 3.29. The van der Waals surface area contributed by atoms with Crippen LogP contribution in [0.15, 0.2) is 53.1 Å². The van der Waals surface area contributed by atoms with E-state index in [0.29, 0.717) is 17.5 Å². The SMILES string of the molecule is Nc1nc(CSCc2ccco2)nc(NCCc2ccccc2)n1. The van der Waals surface area contributed by atoms with Crippen LogP contribution in [0.1, 0.15) is 17.1 Å². The molecule has 0 aliphatic heterocycles. The van der Waals surface area contributed by atoms with Crippen molar-refractivity contribution in [3.8, 4) is 0 Å². The second-order valence-corrected chi connectivity index (χ2v) is 6.15. The Balaban J connectivity index is 1.51. The van der Waals surface area contributed by atoms with Gasteiger partial charge in [-0.25, -0.2) is 0 Å². The Morgan fingerprint density at radius 3 is 2.67 bits per heavy atom. The number of anilines is 2. The third-order valence-corrected chi connectivity index (χ3v) is 4.25. The Labute approximate surface area is 144 Å². The van der Waals surface area contributed by atoms with Crippen molar-refractivity contribution in [2.45, 2.75) is 17.9 Å². The van der Waals surface area contributed by atoms with Crippen molar-refractivity contribution in [3.05, 3.63) is 65.9 Å². The van der Waals surface area contributed by atoms with Gasteiger partial charge in [0.25, 0.3) is 0 Å². The molecule has 2 heterocycles. The van der Waals surface area contributed by atoms with Crippen molar-refractivity contribution in [1.82, 2.24) is 15.0 Å². The molecule has 0 fully saturated rings. The number of hydrogen-bond donors (Lipinski definition) is 2. The summed E-state index contributed by atoms with van der Waals surface area (Å²) in [5.74, 6) is 3.79. The summed E-state index contributed by atoms with van der Waals surface area (Å²) in [5.41, 5.74) is 7.04. The average Bonchev–Trinajstić information content (AvgIpc) is 3.09. The first-order valence-electron chi connectivity index (χ1n) is 7.68. The van der Waals surface area contributed by atoms with Crippen molar-refractivity contribution < 1.29 is 4.42 Å². The largest absolute Gasteiger partial charge is 0.468 e. The van der Waals surface area contributed by atoms with Gasteiger partial charge in [-0.1, -0.05) is 30.3 Å². The molecule has 0 bridgehead atoms. The Morgan fingerprint density at radius 1 is 1.00 bits per heavy atom. The molecule has 3 N–H and O–H groups in total. The maximum atomic E-state index is 5.78.